The van der Waals surface area contributed by atoms with Crippen molar-refractivity contribution in [1.82, 2.24) is 4.72 Å². The average molecular weight is 338 g/mol. The zero-order chi connectivity index (χ0) is 16.9. The minimum atomic E-state index is -3.75. The SMILES string of the molecule is COc1ccc(C(=O)OCCCC#N)cc1S(=O)(=O)NC1CC1. The number of benzene rings is 1. The van der Waals surface area contributed by atoms with Gasteiger partial charge < -0.3 is 9.47 Å². The van der Waals surface area contributed by atoms with E-state index in [1.165, 1.54) is 25.3 Å². The van der Waals surface area contributed by atoms with Crippen LogP contribution in [0.3, 0.4) is 0 Å². The third-order valence-corrected chi connectivity index (χ3v) is 4.80. The molecule has 1 aliphatic rings. The van der Waals surface area contributed by atoms with Gasteiger partial charge in [-0.1, -0.05) is 0 Å². The summed E-state index contributed by atoms with van der Waals surface area (Å²) in [5.74, 6) is -0.465. The molecule has 0 unspecified atom stereocenters. The normalized spacial score (nSPS) is 14.1. The van der Waals surface area contributed by atoms with Crippen molar-refractivity contribution in [3.63, 3.8) is 0 Å². The summed E-state index contributed by atoms with van der Waals surface area (Å²) in [6.45, 7) is 0.112. The van der Waals surface area contributed by atoms with E-state index in [4.69, 9.17) is 14.7 Å². The van der Waals surface area contributed by atoms with Gasteiger partial charge in [-0.05, 0) is 37.5 Å². The molecule has 1 N–H and O–H groups in total. The van der Waals surface area contributed by atoms with E-state index in [2.05, 4.69) is 4.72 Å². The van der Waals surface area contributed by atoms with Crippen LogP contribution in [-0.2, 0) is 14.8 Å². The maximum absolute atomic E-state index is 12.4. The first-order valence-electron chi connectivity index (χ1n) is 7.22. The van der Waals surface area contributed by atoms with E-state index in [-0.39, 0.29) is 28.9 Å². The number of sulfonamides is 1. The van der Waals surface area contributed by atoms with E-state index in [1.54, 1.807) is 0 Å². The highest BCUT2D eigenvalue weighted by Crippen LogP contribution is 2.28. The summed E-state index contributed by atoms with van der Waals surface area (Å²) in [6, 6.07) is 6.02. The van der Waals surface area contributed by atoms with Crippen molar-refractivity contribution in [3.05, 3.63) is 23.8 Å². The molecule has 1 aromatic rings. The molecule has 1 fully saturated rings. The van der Waals surface area contributed by atoms with Crippen LogP contribution in [-0.4, -0.2) is 34.1 Å². The van der Waals surface area contributed by atoms with Crippen LogP contribution in [0, 0.1) is 11.3 Å². The number of esters is 1. The van der Waals surface area contributed by atoms with Gasteiger partial charge in [-0.3, -0.25) is 0 Å². The van der Waals surface area contributed by atoms with Gasteiger partial charge >= 0.3 is 5.97 Å². The lowest BCUT2D eigenvalue weighted by atomic mass is 10.2. The highest BCUT2D eigenvalue weighted by atomic mass is 32.2. The fourth-order valence-corrected chi connectivity index (χ4v) is 3.40. The molecule has 1 aromatic carbocycles. The highest BCUT2D eigenvalue weighted by molar-refractivity contribution is 7.89. The minimum absolute atomic E-state index is 0.0497. The number of ether oxygens (including phenoxy) is 2. The van der Waals surface area contributed by atoms with E-state index in [0.29, 0.717) is 12.8 Å². The molecule has 1 saturated carbocycles. The summed E-state index contributed by atoms with van der Waals surface area (Å²) in [5, 5.41) is 8.43. The van der Waals surface area contributed by atoms with Crippen LogP contribution in [0.5, 0.6) is 5.75 Å². The Balaban J connectivity index is 2.17. The fourth-order valence-electron chi connectivity index (χ4n) is 1.90. The molecule has 7 nitrogen and oxygen atoms in total. The molecule has 23 heavy (non-hydrogen) atoms. The number of nitrogens with one attached hydrogen (secondary N) is 1. The Morgan fingerprint density at radius 3 is 2.78 bits per heavy atom. The topological polar surface area (TPSA) is 105 Å². The molecule has 0 heterocycles. The lowest BCUT2D eigenvalue weighted by Gasteiger charge is -2.12. The predicted molar refractivity (Wildman–Crippen MR) is 81.5 cm³/mol. The Kier molecular flexibility index (Phi) is 5.58. The van der Waals surface area contributed by atoms with Gasteiger partial charge in [-0.25, -0.2) is 17.9 Å². The maximum Gasteiger partial charge on any atom is 0.338 e. The largest absolute Gasteiger partial charge is 0.495 e. The van der Waals surface area contributed by atoms with Gasteiger partial charge in [0.25, 0.3) is 0 Å². The van der Waals surface area contributed by atoms with Crippen molar-refractivity contribution in [1.29, 1.82) is 5.26 Å². The molecule has 8 heteroatoms. The predicted octanol–water partition coefficient (Wildman–Crippen LogP) is 1.60. The Bertz CT molecular complexity index is 720. The number of hydrogen-bond donors (Lipinski definition) is 1. The summed E-state index contributed by atoms with van der Waals surface area (Å²) >= 11 is 0. The molecule has 0 aromatic heterocycles. The van der Waals surface area contributed by atoms with E-state index in [1.807, 2.05) is 6.07 Å². The Morgan fingerprint density at radius 2 is 2.17 bits per heavy atom. The van der Waals surface area contributed by atoms with Crippen LogP contribution >= 0.6 is 0 Å². The highest BCUT2D eigenvalue weighted by Gasteiger charge is 2.30. The number of methoxy groups -OCH3 is 1. The molecule has 2 rings (SSSR count). The van der Waals surface area contributed by atoms with E-state index < -0.39 is 16.0 Å². The van der Waals surface area contributed by atoms with Crippen molar-refractivity contribution in [2.24, 2.45) is 0 Å². The van der Waals surface area contributed by atoms with Gasteiger partial charge in [0.1, 0.15) is 10.6 Å². The van der Waals surface area contributed by atoms with E-state index in [0.717, 1.165) is 12.8 Å². The summed E-state index contributed by atoms with van der Waals surface area (Å²) < 4.78 is 37.4. The van der Waals surface area contributed by atoms with Gasteiger partial charge in [0.15, 0.2) is 0 Å². The van der Waals surface area contributed by atoms with Crippen molar-refractivity contribution in [2.45, 2.75) is 36.6 Å². The van der Waals surface area contributed by atoms with Crippen molar-refractivity contribution in [3.8, 4) is 11.8 Å². The zero-order valence-corrected chi connectivity index (χ0v) is 13.6. The Morgan fingerprint density at radius 1 is 1.43 bits per heavy atom. The zero-order valence-electron chi connectivity index (χ0n) is 12.7. The van der Waals surface area contributed by atoms with E-state index in [9.17, 15) is 13.2 Å². The smallest absolute Gasteiger partial charge is 0.338 e. The maximum atomic E-state index is 12.4. The third-order valence-electron chi connectivity index (χ3n) is 3.25. The van der Waals surface area contributed by atoms with Crippen LogP contribution < -0.4 is 9.46 Å². The summed E-state index contributed by atoms with van der Waals surface area (Å²) in [4.78, 5) is 11.9. The van der Waals surface area contributed by atoms with Crippen molar-refractivity contribution < 1.29 is 22.7 Å². The Labute approximate surface area is 135 Å². The fraction of sp³-hybridized carbons (Fsp3) is 0.467. The van der Waals surface area contributed by atoms with Gasteiger partial charge in [0.05, 0.1) is 25.3 Å². The molecular formula is C15H18N2O5S. The van der Waals surface area contributed by atoms with Crippen molar-refractivity contribution in [2.75, 3.05) is 13.7 Å². The second kappa shape index (κ2) is 7.44. The quantitative estimate of drug-likeness (QED) is 0.570. The van der Waals surface area contributed by atoms with Gasteiger partial charge in [-0.15, -0.1) is 0 Å². The first-order chi connectivity index (χ1) is 11.0. The Hall–Kier alpha value is -2.11. The molecule has 124 valence electrons. The second-order valence-electron chi connectivity index (χ2n) is 5.16. The van der Waals surface area contributed by atoms with Crippen LogP contribution in [0.4, 0.5) is 0 Å². The molecular weight excluding hydrogens is 320 g/mol. The van der Waals surface area contributed by atoms with Gasteiger partial charge in [-0.2, -0.15) is 5.26 Å². The molecule has 0 spiro atoms. The molecule has 0 atom stereocenters. The van der Waals surface area contributed by atoms with Crippen molar-refractivity contribution >= 4 is 16.0 Å². The molecule has 0 bridgehead atoms. The van der Waals surface area contributed by atoms with E-state index >= 15 is 0 Å². The number of nitrogens with zero attached hydrogens (tertiary/aromatic N) is 1. The first kappa shape index (κ1) is 17.2. The number of hydrogen-bond acceptors (Lipinski definition) is 6. The summed E-state index contributed by atoms with van der Waals surface area (Å²) in [5.41, 5.74) is 0.124. The number of carbonyl (C=O) groups is 1. The molecule has 0 aliphatic heterocycles. The standard InChI is InChI=1S/C15H18N2O5S/c1-21-13-7-4-11(15(18)22-9-3-2-8-16)10-14(13)23(19,20)17-12-5-6-12/h4,7,10,12,17H,2-3,5-6,9H2,1H3. The lowest BCUT2D eigenvalue weighted by Crippen LogP contribution is -2.26. The van der Waals surface area contributed by atoms with Crippen LogP contribution in [0.2, 0.25) is 0 Å². The van der Waals surface area contributed by atoms with Crippen LogP contribution in [0.1, 0.15) is 36.0 Å². The minimum Gasteiger partial charge on any atom is -0.495 e. The van der Waals surface area contributed by atoms with Gasteiger partial charge in [0, 0.05) is 12.5 Å². The molecule has 0 amide bonds. The van der Waals surface area contributed by atoms with Crippen LogP contribution in [0.15, 0.2) is 23.1 Å². The molecule has 1 aliphatic carbocycles. The first-order valence-corrected chi connectivity index (χ1v) is 8.70. The second-order valence-corrected chi connectivity index (χ2v) is 6.84. The number of carbonyl (C=O) groups excluding carboxylic acids is 1. The van der Waals surface area contributed by atoms with Crippen LogP contribution in [0.25, 0.3) is 0 Å². The monoisotopic (exact) mass is 338 g/mol. The molecule has 0 saturated heterocycles. The lowest BCUT2D eigenvalue weighted by molar-refractivity contribution is 0.0501. The average Bonchev–Trinajstić information content (AvgIpc) is 3.34. The third kappa shape index (κ3) is 4.68. The summed E-state index contributed by atoms with van der Waals surface area (Å²) in [6.07, 6.45) is 2.35. The molecule has 0 radical (unpaired) electrons. The number of nitriles is 1. The summed E-state index contributed by atoms with van der Waals surface area (Å²) in [7, 11) is -2.38. The number of rotatable bonds is 8. The van der Waals surface area contributed by atoms with Gasteiger partial charge in [0.2, 0.25) is 10.0 Å². The number of unbranched alkanes of at least 4 members (excludes halogenated alkanes) is 1.